The maximum Gasteiger partial charge on any atom is 0.124 e. The summed E-state index contributed by atoms with van der Waals surface area (Å²) in [5, 5.41) is 3.51. The van der Waals surface area contributed by atoms with Crippen LogP contribution in [-0.2, 0) is 6.54 Å². The van der Waals surface area contributed by atoms with Crippen LogP contribution in [0, 0.1) is 5.41 Å². The minimum Gasteiger partial charge on any atom is -0.324 e. The lowest BCUT2D eigenvalue weighted by Crippen LogP contribution is -2.27. The van der Waals surface area contributed by atoms with Crippen molar-refractivity contribution in [2.45, 2.75) is 47.2 Å². The molecule has 0 fully saturated rings. The molecule has 0 unspecified atom stereocenters. The lowest BCUT2D eigenvalue weighted by Gasteiger charge is -2.19. The molecule has 0 saturated carbocycles. The van der Waals surface area contributed by atoms with Gasteiger partial charge in [0.1, 0.15) is 5.82 Å². The Balaban J connectivity index is 2.24. The number of imidazole rings is 1. The van der Waals surface area contributed by atoms with E-state index in [1.807, 2.05) is 6.07 Å². The first-order chi connectivity index (χ1) is 8.88. The number of fused-ring (bicyclic) bond motifs is 1. The molecule has 1 N–H and O–H groups in total. The van der Waals surface area contributed by atoms with Crippen LogP contribution in [0.3, 0.4) is 0 Å². The second-order valence-corrected chi connectivity index (χ2v) is 6.64. The highest BCUT2D eigenvalue weighted by molar-refractivity contribution is 5.76. The van der Waals surface area contributed by atoms with Crippen LogP contribution in [0.1, 0.15) is 46.5 Å². The Morgan fingerprint density at radius 3 is 2.53 bits per heavy atom. The predicted molar refractivity (Wildman–Crippen MR) is 81.3 cm³/mol. The predicted octanol–water partition coefficient (Wildman–Crippen LogP) is 3.75. The summed E-state index contributed by atoms with van der Waals surface area (Å²) in [5.41, 5.74) is 2.61. The van der Waals surface area contributed by atoms with Crippen LogP contribution >= 0.6 is 0 Å². The molecular weight excluding hydrogens is 234 g/mol. The SMILES string of the molecule is CC(C)n1c(CNCC(C)(C)C)nc2ccccc21. The van der Waals surface area contributed by atoms with Gasteiger partial charge >= 0.3 is 0 Å². The van der Waals surface area contributed by atoms with E-state index in [1.165, 1.54) is 5.52 Å². The summed E-state index contributed by atoms with van der Waals surface area (Å²) in [6.07, 6.45) is 0. The smallest absolute Gasteiger partial charge is 0.124 e. The molecular formula is C16H25N3. The van der Waals surface area contributed by atoms with Crippen molar-refractivity contribution < 1.29 is 0 Å². The summed E-state index contributed by atoms with van der Waals surface area (Å²) < 4.78 is 2.32. The number of nitrogens with one attached hydrogen (secondary N) is 1. The maximum atomic E-state index is 4.75. The summed E-state index contributed by atoms with van der Waals surface area (Å²) in [6, 6.07) is 8.79. The number of hydrogen-bond donors (Lipinski definition) is 1. The largest absolute Gasteiger partial charge is 0.324 e. The van der Waals surface area contributed by atoms with Crippen molar-refractivity contribution in [2.75, 3.05) is 6.54 Å². The van der Waals surface area contributed by atoms with Gasteiger partial charge in [-0.3, -0.25) is 0 Å². The van der Waals surface area contributed by atoms with Crippen molar-refractivity contribution in [1.82, 2.24) is 14.9 Å². The molecule has 0 aliphatic carbocycles. The Morgan fingerprint density at radius 1 is 1.21 bits per heavy atom. The normalized spacial score (nSPS) is 12.5. The van der Waals surface area contributed by atoms with Crippen molar-refractivity contribution in [3.05, 3.63) is 30.1 Å². The monoisotopic (exact) mass is 259 g/mol. The quantitative estimate of drug-likeness (QED) is 0.906. The molecule has 0 radical (unpaired) electrons. The number of aromatic nitrogens is 2. The summed E-state index contributed by atoms with van der Waals surface area (Å²) >= 11 is 0. The van der Waals surface area contributed by atoms with Crippen LogP contribution in [0.2, 0.25) is 0 Å². The van der Waals surface area contributed by atoms with Crippen molar-refractivity contribution in [3.63, 3.8) is 0 Å². The number of benzene rings is 1. The summed E-state index contributed by atoms with van der Waals surface area (Å²) in [5.74, 6) is 1.13. The zero-order chi connectivity index (χ0) is 14.0. The molecule has 3 heteroatoms. The topological polar surface area (TPSA) is 29.9 Å². The summed E-state index contributed by atoms with van der Waals surface area (Å²) in [7, 11) is 0. The van der Waals surface area contributed by atoms with Crippen LogP contribution in [0.4, 0.5) is 0 Å². The molecule has 2 rings (SSSR count). The molecule has 1 aromatic carbocycles. The Labute approximate surface area is 116 Å². The van der Waals surface area contributed by atoms with Crippen LogP contribution in [0.15, 0.2) is 24.3 Å². The van der Waals surface area contributed by atoms with Gasteiger partial charge in [0, 0.05) is 12.6 Å². The van der Waals surface area contributed by atoms with Gasteiger partial charge in [0.15, 0.2) is 0 Å². The molecule has 2 aromatic rings. The van der Waals surface area contributed by atoms with Gasteiger partial charge in [-0.05, 0) is 31.4 Å². The Bertz CT molecular complexity index is 547. The molecule has 0 aliphatic rings. The first-order valence-electron chi connectivity index (χ1n) is 7.05. The number of rotatable bonds is 4. The van der Waals surface area contributed by atoms with Gasteiger partial charge < -0.3 is 9.88 Å². The highest BCUT2D eigenvalue weighted by Crippen LogP contribution is 2.21. The molecule has 104 valence electrons. The Hall–Kier alpha value is -1.35. The third-order valence-corrected chi connectivity index (χ3v) is 3.12. The number of para-hydroxylation sites is 2. The fourth-order valence-electron chi connectivity index (χ4n) is 2.34. The lowest BCUT2D eigenvalue weighted by atomic mass is 9.97. The van der Waals surface area contributed by atoms with E-state index in [0.29, 0.717) is 11.5 Å². The zero-order valence-electron chi connectivity index (χ0n) is 12.7. The van der Waals surface area contributed by atoms with Crippen LogP contribution in [-0.4, -0.2) is 16.1 Å². The lowest BCUT2D eigenvalue weighted by molar-refractivity contribution is 0.374. The molecule has 0 bridgehead atoms. The number of hydrogen-bond acceptors (Lipinski definition) is 2. The second-order valence-electron chi connectivity index (χ2n) is 6.64. The molecule has 0 amide bonds. The van der Waals surface area contributed by atoms with Crippen LogP contribution in [0.25, 0.3) is 11.0 Å². The molecule has 1 heterocycles. The summed E-state index contributed by atoms with van der Waals surface area (Å²) in [4.78, 5) is 4.75. The van der Waals surface area contributed by atoms with Crippen molar-refractivity contribution in [2.24, 2.45) is 5.41 Å². The van der Waals surface area contributed by atoms with Gasteiger partial charge in [-0.15, -0.1) is 0 Å². The van der Waals surface area contributed by atoms with Gasteiger partial charge in [0.05, 0.1) is 17.6 Å². The first-order valence-corrected chi connectivity index (χ1v) is 7.05. The van der Waals surface area contributed by atoms with Gasteiger partial charge in [-0.2, -0.15) is 0 Å². The zero-order valence-corrected chi connectivity index (χ0v) is 12.7. The standard InChI is InChI=1S/C16H25N3/c1-12(2)19-14-9-7-6-8-13(14)18-15(19)10-17-11-16(3,4)5/h6-9,12,17H,10-11H2,1-5H3. The highest BCUT2D eigenvalue weighted by Gasteiger charge is 2.14. The average molecular weight is 259 g/mol. The fraction of sp³-hybridized carbons (Fsp3) is 0.562. The van der Waals surface area contributed by atoms with E-state index in [9.17, 15) is 0 Å². The highest BCUT2D eigenvalue weighted by atomic mass is 15.1. The van der Waals surface area contributed by atoms with Crippen LogP contribution in [0.5, 0.6) is 0 Å². The number of nitrogens with zero attached hydrogens (tertiary/aromatic N) is 2. The Morgan fingerprint density at radius 2 is 1.89 bits per heavy atom. The van der Waals surface area contributed by atoms with E-state index in [-0.39, 0.29) is 0 Å². The van der Waals surface area contributed by atoms with Crippen molar-refractivity contribution in [1.29, 1.82) is 0 Å². The van der Waals surface area contributed by atoms with Crippen molar-refractivity contribution in [3.8, 4) is 0 Å². The van der Waals surface area contributed by atoms with Gasteiger partial charge in [0.25, 0.3) is 0 Å². The average Bonchev–Trinajstić information content (AvgIpc) is 2.65. The van der Waals surface area contributed by atoms with Crippen LogP contribution < -0.4 is 5.32 Å². The van der Waals surface area contributed by atoms with E-state index >= 15 is 0 Å². The van der Waals surface area contributed by atoms with E-state index in [4.69, 9.17) is 4.98 Å². The van der Waals surface area contributed by atoms with Crippen molar-refractivity contribution >= 4 is 11.0 Å². The molecule has 0 aliphatic heterocycles. The van der Waals surface area contributed by atoms with E-state index in [1.54, 1.807) is 0 Å². The molecule has 19 heavy (non-hydrogen) atoms. The third-order valence-electron chi connectivity index (χ3n) is 3.12. The van der Waals surface area contributed by atoms with Gasteiger partial charge in [0.2, 0.25) is 0 Å². The maximum absolute atomic E-state index is 4.75. The Kier molecular flexibility index (Phi) is 3.95. The van der Waals surface area contributed by atoms with Gasteiger partial charge in [-0.1, -0.05) is 32.9 Å². The summed E-state index contributed by atoms with van der Waals surface area (Å²) in [6.45, 7) is 13.0. The first kappa shape index (κ1) is 14.1. The minimum absolute atomic E-state index is 0.300. The van der Waals surface area contributed by atoms with Gasteiger partial charge in [-0.25, -0.2) is 4.98 Å². The third kappa shape index (κ3) is 3.35. The molecule has 0 saturated heterocycles. The molecule has 0 atom stereocenters. The molecule has 3 nitrogen and oxygen atoms in total. The fourth-order valence-corrected chi connectivity index (χ4v) is 2.34. The minimum atomic E-state index is 0.300. The van der Waals surface area contributed by atoms with E-state index in [2.05, 4.69) is 62.7 Å². The van der Waals surface area contributed by atoms with E-state index in [0.717, 1.165) is 24.4 Å². The molecule has 1 aromatic heterocycles. The van der Waals surface area contributed by atoms with E-state index < -0.39 is 0 Å². The molecule has 0 spiro atoms. The second kappa shape index (κ2) is 5.33.